The van der Waals surface area contributed by atoms with Crippen molar-refractivity contribution in [3.63, 3.8) is 0 Å². The molecule has 3 rings (SSSR count). The Morgan fingerprint density at radius 3 is 2.80 bits per heavy atom. The van der Waals surface area contributed by atoms with Crippen LogP contribution in [0.1, 0.15) is 23.5 Å². The first-order valence-electron chi connectivity index (χ1n) is 7.01. The summed E-state index contributed by atoms with van der Waals surface area (Å²) in [7, 11) is 2.00. The number of aromatic nitrogens is 2. The van der Waals surface area contributed by atoms with Crippen LogP contribution in [-0.4, -0.2) is 23.6 Å². The Labute approximate surface area is 119 Å². The highest BCUT2D eigenvalue weighted by atomic mass is 14.8. The van der Waals surface area contributed by atoms with E-state index < -0.39 is 0 Å². The van der Waals surface area contributed by atoms with Gasteiger partial charge in [0.15, 0.2) is 0 Å². The molecule has 0 amide bonds. The molecular formula is C17H19N3. The predicted octanol–water partition coefficient (Wildman–Crippen LogP) is 3.30. The number of fused-ring (bicyclic) bond motifs is 1. The van der Waals surface area contributed by atoms with E-state index in [0.717, 1.165) is 18.6 Å². The van der Waals surface area contributed by atoms with Crippen LogP contribution in [0.3, 0.4) is 0 Å². The van der Waals surface area contributed by atoms with E-state index in [0.29, 0.717) is 5.92 Å². The molecule has 2 aromatic heterocycles. The molecule has 0 saturated heterocycles. The van der Waals surface area contributed by atoms with Gasteiger partial charge in [0.05, 0.1) is 0 Å². The minimum absolute atomic E-state index is 0.385. The second kappa shape index (κ2) is 5.88. The van der Waals surface area contributed by atoms with Gasteiger partial charge in [0.1, 0.15) is 5.65 Å². The van der Waals surface area contributed by atoms with Crippen LogP contribution in [0.2, 0.25) is 0 Å². The van der Waals surface area contributed by atoms with Gasteiger partial charge in [0.25, 0.3) is 0 Å². The first-order chi connectivity index (χ1) is 9.88. The fourth-order valence-electron chi connectivity index (χ4n) is 2.65. The molecule has 3 heteroatoms. The Kier molecular flexibility index (Phi) is 3.79. The number of pyridine rings is 1. The van der Waals surface area contributed by atoms with Gasteiger partial charge in [0.2, 0.25) is 0 Å². The highest BCUT2D eigenvalue weighted by Crippen LogP contribution is 2.28. The number of hydrogen-bond acceptors (Lipinski definition) is 2. The van der Waals surface area contributed by atoms with E-state index in [4.69, 9.17) is 0 Å². The van der Waals surface area contributed by atoms with E-state index in [1.54, 1.807) is 0 Å². The van der Waals surface area contributed by atoms with E-state index in [2.05, 4.69) is 57.7 Å². The maximum absolute atomic E-state index is 4.52. The van der Waals surface area contributed by atoms with Crippen LogP contribution < -0.4 is 5.32 Å². The summed E-state index contributed by atoms with van der Waals surface area (Å²) in [4.78, 5) is 7.66. The molecule has 0 radical (unpaired) electrons. The summed E-state index contributed by atoms with van der Waals surface area (Å²) in [5.74, 6) is 0.385. The monoisotopic (exact) mass is 265 g/mol. The normalized spacial score (nSPS) is 12.7. The summed E-state index contributed by atoms with van der Waals surface area (Å²) in [5.41, 5.74) is 3.58. The second-order valence-electron chi connectivity index (χ2n) is 5.04. The molecular weight excluding hydrogens is 246 g/mol. The van der Waals surface area contributed by atoms with Gasteiger partial charge < -0.3 is 10.3 Å². The molecule has 2 heterocycles. The fourth-order valence-corrected chi connectivity index (χ4v) is 2.65. The lowest BCUT2D eigenvalue weighted by Gasteiger charge is -2.17. The minimum atomic E-state index is 0.385. The Morgan fingerprint density at radius 2 is 2.00 bits per heavy atom. The summed E-state index contributed by atoms with van der Waals surface area (Å²) in [6.45, 7) is 0.991. The summed E-state index contributed by atoms with van der Waals surface area (Å²) < 4.78 is 0. The van der Waals surface area contributed by atoms with Crippen molar-refractivity contribution in [3.8, 4) is 0 Å². The van der Waals surface area contributed by atoms with Crippen molar-refractivity contribution in [2.45, 2.75) is 12.3 Å². The first-order valence-corrected chi connectivity index (χ1v) is 7.01. The molecule has 20 heavy (non-hydrogen) atoms. The van der Waals surface area contributed by atoms with Gasteiger partial charge in [-0.2, -0.15) is 0 Å². The number of nitrogens with one attached hydrogen (secondary N) is 2. The van der Waals surface area contributed by atoms with E-state index in [1.165, 1.54) is 16.5 Å². The third-order valence-corrected chi connectivity index (χ3v) is 3.71. The Morgan fingerprint density at radius 1 is 1.15 bits per heavy atom. The minimum Gasteiger partial charge on any atom is -0.346 e. The van der Waals surface area contributed by atoms with Crippen LogP contribution in [0.15, 0.2) is 54.9 Å². The molecule has 0 fully saturated rings. The summed E-state index contributed by atoms with van der Waals surface area (Å²) in [6, 6.07) is 15.0. The van der Waals surface area contributed by atoms with Crippen molar-refractivity contribution in [2.75, 3.05) is 13.6 Å². The van der Waals surface area contributed by atoms with E-state index >= 15 is 0 Å². The van der Waals surface area contributed by atoms with Crippen LogP contribution in [0, 0.1) is 0 Å². The Bertz CT molecular complexity index is 673. The van der Waals surface area contributed by atoms with E-state index in [-0.39, 0.29) is 0 Å². The number of H-pyrrole nitrogens is 1. The third kappa shape index (κ3) is 2.58. The van der Waals surface area contributed by atoms with Gasteiger partial charge in [-0.25, -0.2) is 4.98 Å². The summed E-state index contributed by atoms with van der Waals surface area (Å²) >= 11 is 0. The number of benzene rings is 1. The summed E-state index contributed by atoms with van der Waals surface area (Å²) in [6.07, 6.45) is 5.00. The average molecular weight is 265 g/mol. The maximum Gasteiger partial charge on any atom is 0.137 e. The largest absolute Gasteiger partial charge is 0.346 e. The van der Waals surface area contributed by atoms with E-state index in [9.17, 15) is 0 Å². The van der Waals surface area contributed by atoms with Gasteiger partial charge in [0, 0.05) is 23.7 Å². The van der Waals surface area contributed by atoms with Crippen LogP contribution in [0.4, 0.5) is 0 Å². The van der Waals surface area contributed by atoms with Crippen LogP contribution in [0.5, 0.6) is 0 Å². The van der Waals surface area contributed by atoms with Crippen molar-refractivity contribution in [1.82, 2.24) is 15.3 Å². The predicted molar refractivity (Wildman–Crippen MR) is 82.9 cm³/mol. The molecule has 0 aliphatic carbocycles. The highest BCUT2D eigenvalue weighted by Gasteiger charge is 2.14. The zero-order valence-corrected chi connectivity index (χ0v) is 11.6. The first kappa shape index (κ1) is 12.9. The zero-order chi connectivity index (χ0) is 13.8. The molecule has 102 valence electrons. The fraction of sp³-hybridized carbons (Fsp3) is 0.235. The molecule has 2 N–H and O–H groups in total. The quantitative estimate of drug-likeness (QED) is 0.743. The number of nitrogens with zero attached hydrogens (tertiary/aromatic N) is 1. The lowest BCUT2D eigenvalue weighted by molar-refractivity contribution is 0.661. The molecule has 1 atom stereocenters. The van der Waals surface area contributed by atoms with Crippen LogP contribution >= 0.6 is 0 Å². The third-order valence-electron chi connectivity index (χ3n) is 3.71. The Hall–Kier alpha value is -2.13. The smallest absolute Gasteiger partial charge is 0.137 e. The van der Waals surface area contributed by atoms with Crippen molar-refractivity contribution in [1.29, 1.82) is 0 Å². The molecule has 0 aliphatic heterocycles. The topological polar surface area (TPSA) is 40.7 Å². The zero-order valence-electron chi connectivity index (χ0n) is 11.6. The van der Waals surface area contributed by atoms with Crippen molar-refractivity contribution in [3.05, 3.63) is 66.0 Å². The second-order valence-corrected chi connectivity index (χ2v) is 5.04. The van der Waals surface area contributed by atoms with Gasteiger partial charge >= 0.3 is 0 Å². The molecule has 1 aromatic carbocycles. The van der Waals surface area contributed by atoms with Gasteiger partial charge in [-0.05, 0) is 43.3 Å². The molecule has 0 bridgehead atoms. The SMILES string of the molecule is CNCC[C@@H](c1ccccc1)c1cnc2[nH]ccc2c1. The molecule has 3 nitrogen and oxygen atoms in total. The number of rotatable bonds is 5. The van der Waals surface area contributed by atoms with Crippen molar-refractivity contribution >= 4 is 11.0 Å². The van der Waals surface area contributed by atoms with Crippen molar-refractivity contribution in [2.24, 2.45) is 0 Å². The standard InChI is InChI=1S/C17H19N3/c1-18-9-8-16(13-5-3-2-4-6-13)15-11-14-7-10-19-17(14)20-12-15/h2-7,10-12,16,18H,8-9H2,1H3,(H,19,20)/t16-/m0/s1. The number of aromatic amines is 1. The number of hydrogen-bond donors (Lipinski definition) is 2. The van der Waals surface area contributed by atoms with Gasteiger partial charge in [-0.3, -0.25) is 0 Å². The molecule has 0 aliphatic rings. The van der Waals surface area contributed by atoms with Crippen molar-refractivity contribution < 1.29 is 0 Å². The van der Waals surface area contributed by atoms with Crippen LogP contribution in [-0.2, 0) is 0 Å². The Balaban J connectivity index is 1.99. The van der Waals surface area contributed by atoms with Gasteiger partial charge in [-0.15, -0.1) is 0 Å². The highest BCUT2D eigenvalue weighted by molar-refractivity contribution is 5.76. The maximum atomic E-state index is 4.52. The lowest BCUT2D eigenvalue weighted by Crippen LogP contribution is -2.13. The molecule has 0 spiro atoms. The molecule has 0 unspecified atom stereocenters. The average Bonchev–Trinajstić information content (AvgIpc) is 2.96. The van der Waals surface area contributed by atoms with Crippen LogP contribution in [0.25, 0.3) is 11.0 Å². The van der Waals surface area contributed by atoms with E-state index in [1.807, 2.05) is 19.4 Å². The summed E-state index contributed by atoms with van der Waals surface area (Å²) in [5, 5.41) is 4.42. The lowest BCUT2D eigenvalue weighted by atomic mass is 9.89. The molecule has 0 saturated carbocycles. The molecule has 3 aromatic rings. The van der Waals surface area contributed by atoms with Gasteiger partial charge in [-0.1, -0.05) is 30.3 Å².